The number of hydrogen-bond acceptors (Lipinski definition) is 3. The predicted octanol–water partition coefficient (Wildman–Crippen LogP) is 1.03. The summed E-state index contributed by atoms with van der Waals surface area (Å²) in [5.74, 6) is 0. The maximum atomic E-state index is 3.37. The van der Waals surface area contributed by atoms with Crippen LogP contribution < -0.4 is 5.32 Å². The van der Waals surface area contributed by atoms with Crippen LogP contribution in [-0.2, 0) is 0 Å². The average molecular weight is 188 g/mol. The quantitative estimate of drug-likeness (QED) is 0.712. The summed E-state index contributed by atoms with van der Waals surface area (Å²) < 4.78 is 0.414. The van der Waals surface area contributed by atoms with E-state index in [-0.39, 0.29) is 0 Å². The minimum Gasteiger partial charge on any atom is -0.314 e. The molecule has 0 atom stereocenters. The van der Waals surface area contributed by atoms with Crippen molar-refractivity contribution < 1.29 is 0 Å². The topological polar surface area (TPSA) is 15.3 Å². The molecule has 1 fully saturated rings. The van der Waals surface area contributed by atoms with Gasteiger partial charge in [0.15, 0.2) is 0 Å². The lowest BCUT2D eigenvalue weighted by Gasteiger charge is -2.34. The Morgan fingerprint density at radius 2 is 1.92 bits per heavy atom. The summed E-state index contributed by atoms with van der Waals surface area (Å²) in [7, 11) is 0. The molecule has 72 valence electrons. The van der Waals surface area contributed by atoms with Gasteiger partial charge in [0.1, 0.15) is 0 Å². The molecule has 0 aromatic carbocycles. The van der Waals surface area contributed by atoms with Gasteiger partial charge in [-0.2, -0.15) is 11.8 Å². The Morgan fingerprint density at radius 3 is 2.42 bits per heavy atom. The molecular weight excluding hydrogens is 168 g/mol. The molecule has 1 aliphatic heterocycles. The van der Waals surface area contributed by atoms with Gasteiger partial charge in [-0.3, -0.25) is 4.90 Å². The van der Waals surface area contributed by atoms with Gasteiger partial charge in [0, 0.05) is 37.5 Å². The lowest BCUT2D eigenvalue weighted by Crippen LogP contribution is -2.47. The number of nitrogens with one attached hydrogen (secondary N) is 1. The van der Waals surface area contributed by atoms with Crippen LogP contribution in [0.15, 0.2) is 0 Å². The molecule has 1 N–H and O–H groups in total. The third kappa shape index (κ3) is 3.33. The molecule has 0 amide bonds. The Hall–Kier alpha value is 0.270. The molecule has 0 aliphatic carbocycles. The molecule has 0 aromatic rings. The number of thioether (sulfide) groups is 1. The number of rotatable bonds is 3. The van der Waals surface area contributed by atoms with Crippen molar-refractivity contribution in [1.29, 1.82) is 0 Å². The normalized spacial score (nSPS) is 21.2. The summed E-state index contributed by atoms with van der Waals surface area (Å²) in [6.07, 6.45) is 2.20. The van der Waals surface area contributed by atoms with Crippen molar-refractivity contribution in [2.75, 3.05) is 39.0 Å². The third-order valence-electron chi connectivity index (χ3n) is 2.37. The van der Waals surface area contributed by atoms with E-state index >= 15 is 0 Å². The van der Waals surface area contributed by atoms with Gasteiger partial charge < -0.3 is 5.32 Å². The van der Waals surface area contributed by atoms with E-state index in [1.54, 1.807) is 0 Å². The molecular formula is C9H20N2S. The van der Waals surface area contributed by atoms with Crippen LogP contribution in [0.5, 0.6) is 0 Å². The van der Waals surface area contributed by atoms with Crippen LogP contribution in [-0.4, -0.2) is 48.6 Å². The van der Waals surface area contributed by atoms with Crippen molar-refractivity contribution in [3.05, 3.63) is 0 Å². The molecule has 0 unspecified atom stereocenters. The summed E-state index contributed by atoms with van der Waals surface area (Å²) in [6.45, 7) is 10.6. The fourth-order valence-corrected chi connectivity index (χ4v) is 1.78. The standard InChI is InChI=1S/C9H20N2S/c1-9(2,12-3)8-11-6-4-10-5-7-11/h10H,4-8H2,1-3H3. The molecule has 0 spiro atoms. The fourth-order valence-electron chi connectivity index (χ4n) is 1.47. The summed E-state index contributed by atoms with van der Waals surface area (Å²) in [5.41, 5.74) is 0. The highest BCUT2D eigenvalue weighted by Crippen LogP contribution is 2.22. The van der Waals surface area contributed by atoms with Crippen LogP contribution in [0.4, 0.5) is 0 Å². The zero-order chi connectivity index (χ0) is 9.03. The monoisotopic (exact) mass is 188 g/mol. The van der Waals surface area contributed by atoms with E-state index in [0.717, 1.165) is 13.1 Å². The van der Waals surface area contributed by atoms with Gasteiger partial charge in [0.05, 0.1) is 0 Å². The Balaban J connectivity index is 2.28. The van der Waals surface area contributed by atoms with Crippen LogP contribution >= 0.6 is 11.8 Å². The second kappa shape index (κ2) is 4.49. The second-order valence-corrected chi connectivity index (χ2v) is 5.50. The van der Waals surface area contributed by atoms with Crippen molar-refractivity contribution in [1.82, 2.24) is 10.2 Å². The van der Waals surface area contributed by atoms with Gasteiger partial charge in [-0.25, -0.2) is 0 Å². The number of hydrogen-bond donors (Lipinski definition) is 1. The Labute approximate surface area is 80.1 Å². The molecule has 1 saturated heterocycles. The lowest BCUT2D eigenvalue weighted by molar-refractivity contribution is 0.226. The highest BCUT2D eigenvalue weighted by Gasteiger charge is 2.21. The van der Waals surface area contributed by atoms with Gasteiger partial charge in [0.2, 0.25) is 0 Å². The molecule has 3 heteroatoms. The van der Waals surface area contributed by atoms with Crippen molar-refractivity contribution in [2.24, 2.45) is 0 Å². The summed E-state index contributed by atoms with van der Waals surface area (Å²) >= 11 is 1.96. The first-order valence-corrected chi connectivity index (χ1v) is 5.85. The van der Waals surface area contributed by atoms with Gasteiger partial charge >= 0.3 is 0 Å². The van der Waals surface area contributed by atoms with Gasteiger partial charge in [0.25, 0.3) is 0 Å². The van der Waals surface area contributed by atoms with E-state index in [9.17, 15) is 0 Å². The van der Waals surface area contributed by atoms with E-state index in [2.05, 4.69) is 30.3 Å². The van der Waals surface area contributed by atoms with Gasteiger partial charge in [-0.15, -0.1) is 0 Å². The first-order chi connectivity index (χ1) is 5.64. The van der Waals surface area contributed by atoms with E-state index in [1.807, 2.05) is 11.8 Å². The van der Waals surface area contributed by atoms with E-state index in [1.165, 1.54) is 19.6 Å². The molecule has 1 heterocycles. The van der Waals surface area contributed by atoms with Gasteiger partial charge in [-0.05, 0) is 20.1 Å². The van der Waals surface area contributed by atoms with Crippen LogP contribution in [0.3, 0.4) is 0 Å². The molecule has 1 rings (SSSR count). The second-order valence-electron chi connectivity index (χ2n) is 3.99. The van der Waals surface area contributed by atoms with Crippen LogP contribution in [0, 0.1) is 0 Å². The maximum absolute atomic E-state index is 3.37. The van der Waals surface area contributed by atoms with Gasteiger partial charge in [-0.1, -0.05) is 0 Å². The first-order valence-electron chi connectivity index (χ1n) is 4.62. The average Bonchev–Trinajstić information content (AvgIpc) is 2.06. The number of piperazine rings is 1. The van der Waals surface area contributed by atoms with Crippen molar-refractivity contribution in [3.63, 3.8) is 0 Å². The molecule has 0 aromatic heterocycles. The third-order valence-corrected chi connectivity index (χ3v) is 3.60. The molecule has 0 bridgehead atoms. The van der Waals surface area contributed by atoms with E-state index in [0.29, 0.717) is 4.75 Å². The van der Waals surface area contributed by atoms with Crippen molar-refractivity contribution in [2.45, 2.75) is 18.6 Å². The smallest absolute Gasteiger partial charge is 0.0227 e. The zero-order valence-corrected chi connectivity index (χ0v) is 9.21. The first kappa shape index (κ1) is 10.4. The highest BCUT2D eigenvalue weighted by molar-refractivity contribution is 7.99. The molecule has 1 aliphatic rings. The fraction of sp³-hybridized carbons (Fsp3) is 1.00. The minimum absolute atomic E-state index is 0.414. The molecule has 0 radical (unpaired) electrons. The summed E-state index contributed by atoms with van der Waals surface area (Å²) in [5, 5.41) is 3.37. The molecule has 0 saturated carbocycles. The van der Waals surface area contributed by atoms with Crippen LogP contribution in [0.2, 0.25) is 0 Å². The summed E-state index contributed by atoms with van der Waals surface area (Å²) in [6, 6.07) is 0. The van der Waals surface area contributed by atoms with E-state index in [4.69, 9.17) is 0 Å². The Kier molecular flexibility index (Phi) is 3.87. The summed E-state index contributed by atoms with van der Waals surface area (Å²) in [4.78, 5) is 2.55. The molecule has 2 nitrogen and oxygen atoms in total. The van der Waals surface area contributed by atoms with Crippen LogP contribution in [0.25, 0.3) is 0 Å². The van der Waals surface area contributed by atoms with Crippen LogP contribution in [0.1, 0.15) is 13.8 Å². The lowest BCUT2D eigenvalue weighted by atomic mass is 10.2. The number of nitrogens with zero attached hydrogens (tertiary/aromatic N) is 1. The van der Waals surface area contributed by atoms with Crippen molar-refractivity contribution >= 4 is 11.8 Å². The largest absolute Gasteiger partial charge is 0.314 e. The minimum atomic E-state index is 0.414. The maximum Gasteiger partial charge on any atom is 0.0227 e. The van der Waals surface area contributed by atoms with E-state index < -0.39 is 0 Å². The Bertz CT molecular complexity index is 130. The predicted molar refractivity (Wildman–Crippen MR) is 56.9 cm³/mol. The van der Waals surface area contributed by atoms with Crippen molar-refractivity contribution in [3.8, 4) is 0 Å². The SMILES string of the molecule is CSC(C)(C)CN1CCNCC1. The molecule has 12 heavy (non-hydrogen) atoms. The highest BCUT2D eigenvalue weighted by atomic mass is 32.2. The Morgan fingerprint density at radius 1 is 1.33 bits per heavy atom. The zero-order valence-electron chi connectivity index (χ0n) is 8.39.